The second-order valence-corrected chi connectivity index (χ2v) is 8.68. The molecule has 3 aromatic carbocycles. The quantitative estimate of drug-likeness (QED) is 0.271. The monoisotopic (exact) mass is 496 g/mol. The van der Waals surface area contributed by atoms with Gasteiger partial charge >= 0.3 is 0 Å². The molecule has 2 aromatic heterocycles. The van der Waals surface area contributed by atoms with Crippen molar-refractivity contribution in [3.8, 4) is 22.8 Å². The molecule has 0 saturated heterocycles. The molecule has 0 unspecified atom stereocenters. The average Bonchev–Trinajstić information content (AvgIpc) is 3.42. The van der Waals surface area contributed by atoms with E-state index in [-0.39, 0.29) is 5.76 Å². The van der Waals surface area contributed by atoms with Crippen LogP contribution in [0.25, 0.3) is 33.9 Å². The fourth-order valence-corrected chi connectivity index (χ4v) is 4.05. The van der Waals surface area contributed by atoms with Crippen LogP contribution in [0.1, 0.15) is 16.1 Å². The molecule has 1 amide bonds. The summed E-state index contributed by atoms with van der Waals surface area (Å²) in [7, 11) is 0. The van der Waals surface area contributed by atoms with Crippen molar-refractivity contribution in [1.29, 1.82) is 0 Å². The molecule has 0 saturated carbocycles. The first-order chi connectivity index (χ1) is 15.9. The molecule has 0 bridgehead atoms. The molecule has 1 N–H and O–H groups in total. The number of hydrogen-bond acceptors (Lipinski definition) is 4. The van der Waals surface area contributed by atoms with E-state index < -0.39 is 5.91 Å². The minimum absolute atomic E-state index is 0.106. The molecule has 164 valence electrons. The van der Waals surface area contributed by atoms with Crippen LogP contribution < -0.4 is 5.32 Å². The van der Waals surface area contributed by atoms with E-state index in [4.69, 9.17) is 43.6 Å². The molecule has 0 spiro atoms. The molecule has 0 aliphatic carbocycles. The fraction of sp³-hybridized carbons (Fsp3) is 0.0400. The lowest BCUT2D eigenvalue weighted by molar-refractivity contribution is 0.0997. The maximum atomic E-state index is 12.8. The van der Waals surface area contributed by atoms with Crippen molar-refractivity contribution in [3.05, 3.63) is 93.1 Å². The van der Waals surface area contributed by atoms with Gasteiger partial charge in [0.25, 0.3) is 5.91 Å². The van der Waals surface area contributed by atoms with Gasteiger partial charge in [-0.15, -0.1) is 0 Å². The number of carbonyl (C=O) groups excluding carboxylic acids is 1. The Balaban J connectivity index is 1.41. The zero-order valence-corrected chi connectivity index (χ0v) is 19.4. The number of nitrogens with zero attached hydrogens (tertiary/aromatic N) is 1. The van der Waals surface area contributed by atoms with Gasteiger partial charge in [0, 0.05) is 16.1 Å². The third-order valence-electron chi connectivity index (χ3n) is 5.03. The number of benzene rings is 3. The minimum atomic E-state index is -0.460. The summed E-state index contributed by atoms with van der Waals surface area (Å²) in [6.45, 7) is 1.98. The standard InChI is InChI=1S/C25H15Cl3N2O3/c1-13-2-7-19-23(10-13)33-25(30-19)14-3-6-17(27)20(11-14)29-24(31)22-9-8-21(32-22)16-5-4-15(26)12-18(16)28/h2-12H,1H3,(H,29,31). The summed E-state index contributed by atoms with van der Waals surface area (Å²) in [5.74, 6) is 0.525. The Hall–Kier alpha value is -3.25. The van der Waals surface area contributed by atoms with Gasteiger partial charge in [0.2, 0.25) is 5.89 Å². The zero-order chi connectivity index (χ0) is 23.1. The van der Waals surface area contributed by atoms with Gasteiger partial charge in [-0.1, -0.05) is 40.9 Å². The number of hydrogen-bond donors (Lipinski definition) is 1. The molecule has 0 atom stereocenters. The van der Waals surface area contributed by atoms with Crippen LogP contribution in [0, 0.1) is 6.92 Å². The maximum absolute atomic E-state index is 12.8. The number of carbonyl (C=O) groups is 1. The van der Waals surface area contributed by atoms with Crippen LogP contribution >= 0.6 is 34.8 Å². The third kappa shape index (κ3) is 4.35. The number of nitrogens with one attached hydrogen (secondary N) is 1. The van der Waals surface area contributed by atoms with Crippen molar-refractivity contribution in [3.63, 3.8) is 0 Å². The van der Waals surface area contributed by atoms with Crippen molar-refractivity contribution in [1.82, 2.24) is 4.98 Å². The lowest BCUT2D eigenvalue weighted by atomic mass is 10.2. The number of furan rings is 1. The summed E-state index contributed by atoms with van der Waals surface area (Å²) in [5, 5.41) is 4.08. The molecule has 5 nitrogen and oxygen atoms in total. The van der Waals surface area contributed by atoms with Crippen LogP contribution in [0.4, 0.5) is 5.69 Å². The van der Waals surface area contributed by atoms with Gasteiger partial charge in [-0.25, -0.2) is 4.98 Å². The smallest absolute Gasteiger partial charge is 0.291 e. The van der Waals surface area contributed by atoms with Crippen LogP contribution in [-0.4, -0.2) is 10.9 Å². The Labute approximate surface area is 203 Å². The number of halogens is 3. The van der Waals surface area contributed by atoms with Gasteiger partial charge < -0.3 is 14.2 Å². The Morgan fingerprint density at radius 3 is 2.55 bits per heavy atom. The van der Waals surface area contributed by atoms with Gasteiger partial charge in [-0.3, -0.25) is 4.79 Å². The van der Waals surface area contributed by atoms with Crippen LogP contribution in [0.2, 0.25) is 15.1 Å². The first-order valence-corrected chi connectivity index (χ1v) is 11.0. The lowest BCUT2D eigenvalue weighted by Gasteiger charge is -2.07. The Kier molecular flexibility index (Phi) is 5.62. The maximum Gasteiger partial charge on any atom is 0.291 e. The predicted octanol–water partition coefficient (Wildman–Crippen LogP) is 8.28. The van der Waals surface area contributed by atoms with Gasteiger partial charge in [0.15, 0.2) is 11.3 Å². The highest BCUT2D eigenvalue weighted by atomic mass is 35.5. The number of amides is 1. The number of anilines is 1. The minimum Gasteiger partial charge on any atom is -0.451 e. The molecular formula is C25H15Cl3N2O3. The molecule has 2 heterocycles. The highest BCUT2D eigenvalue weighted by Crippen LogP contribution is 2.33. The van der Waals surface area contributed by atoms with Gasteiger partial charge in [0.1, 0.15) is 11.3 Å². The van der Waals surface area contributed by atoms with Crippen molar-refractivity contribution < 1.29 is 13.6 Å². The zero-order valence-electron chi connectivity index (χ0n) is 17.2. The Bertz CT molecular complexity index is 1520. The second-order valence-electron chi connectivity index (χ2n) is 7.43. The van der Waals surface area contributed by atoms with Crippen LogP contribution in [0.15, 0.2) is 75.6 Å². The molecule has 5 rings (SSSR count). The summed E-state index contributed by atoms with van der Waals surface area (Å²) in [6.07, 6.45) is 0. The third-order valence-corrected chi connectivity index (χ3v) is 5.91. The molecule has 0 radical (unpaired) electrons. The summed E-state index contributed by atoms with van der Waals surface area (Å²) in [5.41, 5.74) is 4.23. The summed E-state index contributed by atoms with van der Waals surface area (Å²) in [6, 6.07) is 19.2. The predicted molar refractivity (Wildman–Crippen MR) is 131 cm³/mol. The number of oxazole rings is 1. The first kappa shape index (κ1) is 21.6. The number of fused-ring (bicyclic) bond motifs is 1. The van der Waals surface area contributed by atoms with Crippen LogP contribution in [0.5, 0.6) is 0 Å². The van der Waals surface area contributed by atoms with Gasteiger partial charge in [-0.2, -0.15) is 0 Å². The second kappa shape index (κ2) is 8.60. The Morgan fingerprint density at radius 1 is 0.879 bits per heavy atom. The molecule has 0 aliphatic rings. The van der Waals surface area contributed by atoms with Crippen LogP contribution in [-0.2, 0) is 0 Å². The van der Waals surface area contributed by atoms with Crippen molar-refractivity contribution in [2.45, 2.75) is 6.92 Å². The van der Waals surface area contributed by atoms with Crippen molar-refractivity contribution in [2.75, 3.05) is 5.32 Å². The van der Waals surface area contributed by atoms with Crippen LogP contribution in [0.3, 0.4) is 0 Å². The molecule has 0 fully saturated rings. The molecule has 0 aliphatic heterocycles. The molecule has 33 heavy (non-hydrogen) atoms. The van der Waals surface area contributed by atoms with E-state index >= 15 is 0 Å². The van der Waals surface area contributed by atoms with E-state index in [1.807, 2.05) is 25.1 Å². The molecular weight excluding hydrogens is 483 g/mol. The summed E-state index contributed by atoms with van der Waals surface area (Å²) in [4.78, 5) is 17.3. The highest BCUT2D eigenvalue weighted by molar-refractivity contribution is 6.36. The molecule has 8 heteroatoms. The topological polar surface area (TPSA) is 68.3 Å². The number of aryl methyl sites for hydroxylation is 1. The Morgan fingerprint density at radius 2 is 1.73 bits per heavy atom. The van der Waals surface area contributed by atoms with E-state index in [0.29, 0.717) is 49.1 Å². The van der Waals surface area contributed by atoms with E-state index in [2.05, 4.69) is 10.3 Å². The number of aromatic nitrogens is 1. The van der Waals surface area contributed by atoms with Gasteiger partial charge in [0.05, 0.1) is 15.7 Å². The SMILES string of the molecule is Cc1ccc2nc(-c3ccc(Cl)c(NC(=O)c4ccc(-c5ccc(Cl)cc5Cl)o4)c3)oc2c1. The largest absolute Gasteiger partial charge is 0.451 e. The summed E-state index contributed by atoms with van der Waals surface area (Å²) >= 11 is 18.5. The van der Waals surface area contributed by atoms with E-state index in [0.717, 1.165) is 11.1 Å². The van der Waals surface area contributed by atoms with Gasteiger partial charge in [-0.05, 0) is 73.2 Å². The highest BCUT2D eigenvalue weighted by Gasteiger charge is 2.17. The van der Waals surface area contributed by atoms with E-state index in [1.54, 1.807) is 48.5 Å². The molecule has 5 aromatic rings. The van der Waals surface area contributed by atoms with E-state index in [1.165, 1.54) is 0 Å². The summed E-state index contributed by atoms with van der Waals surface area (Å²) < 4.78 is 11.6. The van der Waals surface area contributed by atoms with E-state index in [9.17, 15) is 4.79 Å². The normalized spacial score (nSPS) is 11.2. The van der Waals surface area contributed by atoms with Crippen molar-refractivity contribution >= 4 is 57.5 Å². The first-order valence-electron chi connectivity index (χ1n) is 9.91. The average molecular weight is 498 g/mol. The fourth-order valence-electron chi connectivity index (χ4n) is 3.39. The van der Waals surface area contributed by atoms with Crippen molar-refractivity contribution in [2.24, 2.45) is 0 Å². The number of rotatable bonds is 4. The lowest BCUT2D eigenvalue weighted by Crippen LogP contribution is -2.11.